The minimum Gasteiger partial charge on any atom is -0.441 e. The Labute approximate surface area is 101 Å². The highest BCUT2D eigenvalue weighted by Crippen LogP contribution is 2.14. The third-order valence-corrected chi connectivity index (χ3v) is 2.17. The third-order valence-electron chi connectivity index (χ3n) is 2.17. The minimum atomic E-state index is -0.733. The van der Waals surface area contributed by atoms with Crippen LogP contribution in [0, 0.1) is 0 Å². The summed E-state index contributed by atoms with van der Waals surface area (Å²) in [5, 5.41) is 0. The molecule has 0 aliphatic heterocycles. The molecule has 0 fully saturated rings. The number of carbonyl (C=O) groups is 1. The molecule has 0 saturated heterocycles. The van der Waals surface area contributed by atoms with E-state index in [1.807, 2.05) is 0 Å². The van der Waals surface area contributed by atoms with E-state index in [2.05, 4.69) is 6.92 Å². The Kier molecular flexibility index (Phi) is 6.29. The van der Waals surface area contributed by atoms with Crippen molar-refractivity contribution in [2.45, 2.75) is 26.2 Å². The molecular formula is C13H18O4. The second-order valence-corrected chi connectivity index (χ2v) is 3.56. The van der Waals surface area contributed by atoms with Crippen molar-refractivity contribution in [2.24, 2.45) is 0 Å². The highest BCUT2D eigenvalue weighted by atomic mass is 16.8. The first kappa shape index (κ1) is 13.7. The van der Waals surface area contributed by atoms with Crippen molar-refractivity contribution in [2.75, 3.05) is 13.7 Å². The maximum absolute atomic E-state index is 10.6. The smallest absolute Gasteiger partial charge is 0.315 e. The minimum absolute atomic E-state index is 0.554. The number of carbonyl (C=O) groups excluding carboxylic acids is 1. The summed E-state index contributed by atoms with van der Waals surface area (Å²) in [6.45, 7) is 1.94. The molecule has 0 amide bonds. The summed E-state index contributed by atoms with van der Waals surface area (Å²) < 4.78 is 15.9. The van der Waals surface area contributed by atoms with Gasteiger partial charge in [0, 0.05) is 12.7 Å². The lowest BCUT2D eigenvalue weighted by Gasteiger charge is -2.17. The summed E-state index contributed by atoms with van der Waals surface area (Å²) in [6.07, 6.45) is 2.78. The first-order valence-electron chi connectivity index (χ1n) is 5.66. The van der Waals surface area contributed by atoms with Crippen molar-refractivity contribution in [3.63, 3.8) is 0 Å². The maximum atomic E-state index is 10.6. The number of ether oxygens (including phenoxy) is 3. The van der Waals surface area contributed by atoms with E-state index in [1.165, 1.54) is 7.11 Å². The zero-order valence-electron chi connectivity index (χ0n) is 10.2. The lowest BCUT2D eigenvalue weighted by atomic mass is 10.2. The Morgan fingerprint density at radius 1 is 1.41 bits per heavy atom. The number of methoxy groups -OCH3 is 1. The van der Waals surface area contributed by atoms with Gasteiger partial charge in [0.25, 0.3) is 0 Å². The summed E-state index contributed by atoms with van der Waals surface area (Å²) in [5.74, 6) is 0.554. The van der Waals surface area contributed by atoms with Gasteiger partial charge in [-0.25, -0.2) is 0 Å². The van der Waals surface area contributed by atoms with Gasteiger partial charge >= 0.3 is 6.48 Å². The van der Waals surface area contributed by atoms with E-state index < -0.39 is 6.48 Å². The average molecular weight is 238 g/mol. The molecule has 0 saturated carbocycles. The quantitative estimate of drug-likeness (QED) is 0.397. The molecule has 0 radical (unpaired) electrons. The fraction of sp³-hybridized carbons (Fsp3) is 0.462. The van der Waals surface area contributed by atoms with Crippen molar-refractivity contribution < 1.29 is 19.0 Å². The van der Waals surface area contributed by atoms with Crippen molar-refractivity contribution in [3.05, 3.63) is 29.8 Å². The Bertz CT molecular complexity index is 338. The zero-order chi connectivity index (χ0) is 12.5. The number of unbranched alkanes of at least 4 members (excludes halogenated alkanes) is 1. The van der Waals surface area contributed by atoms with Gasteiger partial charge in [-0.15, -0.1) is 0 Å². The number of hydrogen-bond acceptors (Lipinski definition) is 4. The largest absolute Gasteiger partial charge is 0.441 e. The molecule has 0 N–H and O–H groups in total. The Balaban J connectivity index is 2.51. The van der Waals surface area contributed by atoms with Gasteiger partial charge in [0.1, 0.15) is 12.0 Å². The Hall–Kier alpha value is -1.39. The summed E-state index contributed by atoms with van der Waals surface area (Å²) in [5.41, 5.74) is 0.561. The van der Waals surface area contributed by atoms with Crippen LogP contribution in [0.1, 0.15) is 30.1 Å². The van der Waals surface area contributed by atoms with Crippen LogP contribution < -0.4 is 4.74 Å². The molecule has 1 aromatic carbocycles. The van der Waals surface area contributed by atoms with Gasteiger partial charge in [-0.05, 0) is 18.6 Å². The van der Waals surface area contributed by atoms with Gasteiger partial charge in [-0.3, -0.25) is 4.79 Å². The Morgan fingerprint density at radius 2 is 2.24 bits per heavy atom. The maximum Gasteiger partial charge on any atom is 0.315 e. The van der Waals surface area contributed by atoms with Crippen LogP contribution in [0.5, 0.6) is 5.75 Å². The van der Waals surface area contributed by atoms with Gasteiger partial charge < -0.3 is 14.2 Å². The van der Waals surface area contributed by atoms with E-state index in [0.29, 0.717) is 17.9 Å². The molecule has 0 aliphatic rings. The van der Waals surface area contributed by atoms with Crippen LogP contribution in [0.3, 0.4) is 0 Å². The van der Waals surface area contributed by atoms with Crippen molar-refractivity contribution in [1.29, 1.82) is 0 Å². The van der Waals surface area contributed by atoms with Crippen LogP contribution in [-0.2, 0) is 9.47 Å². The topological polar surface area (TPSA) is 44.8 Å². The van der Waals surface area contributed by atoms with Gasteiger partial charge in [0.2, 0.25) is 0 Å². The fourth-order valence-electron chi connectivity index (χ4n) is 1.25. The highest BCUT2D eigenvalue weighted by Gasteiger charge is 2.09. The second-order valence-electron chi connectivity index (χ2n) is 3.56. The predicted molar refractivity (Wildman–Crippen MR) is 64.1 cm³/mol. The number of rotatable bonds is 8. The molecule has 0 aliphatic carbocycles. The van der Waals surface area contributed by atoms with Crippen LogP contribution in [0.25, 0.3) is 0 Å². The molecule has 1 aromatic rings. The van der Waals surface area contributed by atoms with Gasteiger partial charge in [0.05, 0.1) is 6.61 Å². The first-order valence-corrected chi connectivity index (χ1v) is 5.66. The lowest BCUT2D eigenvalue weighted by molar-refractivity contribution is -0.233. The summed E-state index contributed by atoms with van der Waals surface area (Å²) in [4.78, 5) is 10.6. The summed E-state index contributed by atoms with van der Waals surface area (Å²) >= 11 is 0. The number of benzene rings is 1. The van der Waals surface area contributed by atoms with Gasteiger partial charge in [-0.2, -0.15) is 0 Å². The Morgan fingerprint density at radius 3 is 2.88 bits per heavy atom. The molecule has 0 bridgehead atoms. The van der Waals surface area contributed by atoms with E-state index in [9.17, 15) is 4.79 Å². The molecule has 0 spiro atoms. The fourth-order valence-corrected chi connectivity index (χ4v) is 1.25. The normalized spacial score (nSPS) is 12.1. The molecule has 4 heteroatoms. The van der Waals surface area contributed by atoms with Crippen LogP contribution in [0.2, 0.25) is 0 Å². The SMILES string of the molecule is CCCCOC(OC)Oc1cccc(C=O)c1. The van der Waals surface area contributed by atoms with Crippen molar-refractivity contribution in [3.8, 4) is 5.75 Å². The molecule has 1 unspecified atom stereocenters. The average Bonchev–Trinajstić information content (AvgIpc) is 2.38. The first-order chi connectivity index (χ1) is 8.30. The predicted octanol–water partition coefficient (Wildman–Crippen LogP) is 2.62. The molecular weight excluding hydrogens is 220 g/mol. The van der Waals surface area contributed by atoms with Gasteiger partial charge in [-0.1, -0.05) is 25.5 Å². The molecule has 0 heterocycles. The number of aldehydes is 1. The van der Waals surface area contributed by atoms with E-state index in [4.69, 9.17) is 14.2 Å². The summed E-state index contributed by atoms with van der Waals surface area (Å²) in [7, 11) is 1.51. The van der Waals surface area contributed by atoms with Crippen LogP contribution in [0.15, 0.2) is 24.3 Å². The van der Waals surface area contributed by atoms with Gasteiger partial charge in [0.15, 0.2) is 0 Å². The van der Waals surface area contributed by atoms with E-state index >= 15 is 0 Å². The second kappa shape index (κ2) is 7.81. The van der Waals surface area contributed by atoms with Crippen molar-refractivity contribution in [1.82, 2.24) is 0 Å². The zero-order valence-corrected chi connectivity index (χ0v) is 10.2. The monoisotopic (exact) mass is 238 g/mol. The number of hydrogen-bond donors (Lipinski definition) is 0. The van der Waals surface area contributed by atoms with Crippen LogP contribution in [-0.4, -0.2) is 26.5 Å². The van der Waals surface area contributed by atoms with E-state index in [-0.39, 0.29) is 0 Å². The standard InChI is InChI=1S/C13H18O4/c1-3-4-8-16-13(15-2)17-12-7-5-6-11(9-12)10-14/h5-7,9-10,13H,3-4,8H2,1-2H3. The summed E-state index contributed by atoms with van der Waals surface area (Å²) in [6, 6.07) is 6.85. The molecule has 1 rings (SSSR count). The molecule has 17 heavy (non-hydrogen) atoms. The van der Waals surface area contributed by atoms with Crippen molar-refractivity contribution >= 4 is 6.29 Å². The van der Waals surface area contributed by atoms with E-state index in [1.54, 1.807) is 24.3 Å². The lowest BCUT2D eigenvalue weighted by Crippen LogP contribution is -2.23. The molecule has 1 atom stereocenters. The molecule has 4 nitrogen and oxygen atoms in total. The van der Waals surface area contributed by atoms with Crippen LogP contribution >= 0.6 is 0 Å². The third kappa shape index (κ3) is 4.97. The van der Waals surface area contributed by atoms with E-state index in [0.717, 1.165) is 19.1 Å². The molecule has 0 aromatic heterocycles. The van der Waals surface area contributed by atoms with Crippen LogP contribution in [0.4, 0.5) is 0 Å². The highest BCUT2D eigenvalue weighted by molar-refractivity contribution is 5.75. The molecule has 94 valence electrons.